The number of hydrogen-bond donors (Lipinski definition) is 2. The number of nitrogens with zero attached hydrogens (tertiary/aromatic N) is 3. The van der Waals surface area contributed by atoms with Crippen LogP contribution in [0.1, 0.15) is 6.92 Å². The molecule has 8 nitrogen and oxygen atoms in total. The van der Waals surface area contributed by atoms with E-state index in [0.717, 1.165) is 6.07 Å². The number of nitrogens with one attached hydrogen (secondary N) is 2. The van der Waals surface area contributed by atoms with Crippen LogP contribution in [0.15, 0.2) is 41.0 Å². The van der Waals surface area contributed by atoms with E-state index in [1.54, 1.807) is 6.07 Å². The highest BCUT2D eigenvalue weighted by Crippen LogP contribution is 2.36. The molecule has 2 N–H and O–H groups in total. The lowest BCUT2D eigenvalue weighted by atomic mass is 10.2. The van der Waals surface area contributed by atoms with Gasteiger partial charge in [-0.2, -0.15) is 10.6 Å². The summed E-state index contributed by atoms with van der Waals surface area (Å²) in [6.07, 6.45) is 1.49. The van der Waals surface area contributed by atoms with E-state index in [-0.39, 0.29) is 22.3 Å². The number of halogens is 4. The maximum Gasteiger partial charge on any atom is 0.261 e. The SMILES string of the molecule is C[C@@H](Oc1cc(F)ccc1Nc1ncnc2cc(N=[S-](C)=O)cc(Cl)c12)C(=O)NC(CF)CF. The lowest BCUT2D eigenvalue weighted by molar-refractivity contribution is -0.128. The molecule has 3 aromatic rings. The first-order valence-electron chi connectivity index (χ1n) is 9.87. The summed E-state index contributed by atoms with van der Waals surface area (Å²) in [6.45, 7) is -0.796. The number of fused-ring (bicyclic) bond motifs is 1. The number of carbonyl (C=O) groups excluding carboxylic acids is 1. The number of anilines is 2. The number of aromatic nitrogens is 2. The first-order chi connectivity index (χ1) is 16.2. The van der Waals surface area contributed by atoms with E-state index in [9.17, 15) is 22.2 Å². The van der Waals surface area contributed by atoms with Crippen molar-refractivity contribution < 1.29 is 26.9 Å². The van der Waals surface area contributed by atoms with Crippen molar-refractivity contribution in [3.63, 3.8) is 0 Å². The predicted octanol–water partition coefficient (Wildman–Crippen LogP) is 4.77. The monoisotopic (exact) mass is 514 g/mol. The third-order valence-corrected chi connectivity index (χ3v) is 5.26. The standard InChI is InChI=1S/C21H20ClF3N5O3S/c1-11(21(31)28-14(8-23)9-24)33-18-5-12(25)3-4-16(18)29-20-19-15(22)6-13(30-34(2)32)7-17(19)26-10-27-20/h3-7,10-11,14H,8-9H2,1-2H3,(H,28,31)(H,26,27,29)/q-1/t11-/m1/s1. The number of amides is 1. The molecule has 34 heavy (non-hydrogen) atoms. The van der Waals surface area contributed by atoms with Crippen molar-refractivity contribution in [2.24, 2.45) is 4.36 Å². The van der Waals surface area contributed by atoms with Crippen LogP contribution in [-0.2, 0) is 19.6 Å². The van der Waals surface area contributed by atoms with Gasteiger partial charge in [-0.15, -0.1) is 6.26 Å². The second kappa shape index (κ2) is 11.3. The quantitative estimate of drug-likeness (QED) is 0.399. The van der Waals surface area contributed by atoms with Crippen molar-refractivity contribution >= 4 is 56.2 Å². The molecule has 0 saturated carbocycles. The van der Waals surface area contributed by atoms with E-state index < -0.39 is 47.8 Å². The van der Waals surface area contributed by atoms with E-state index in [0.29, 0.717) is 16.6 Å². The molecule has 0 unspecified atom stereocenters. The summed E-state index contributed by atoms with van der Waals surface area (Å²) >= 11 is 6.40. The number of alkyl halides is 2. The van der Waals surface area contributed by atoms with Gasteiger partial charge in [0.05, 0.1) is 27.7 Å². The zero-order valence-corrected chi connectivity index (χ0v) is 19.6. The average Bonchev–Trinajstić information content (AvgIpc) is 2.78. The van der Waals surface area contributed by atoms with Crippen molar-refractivity contribution in [2.45, 2.75) is 19.1 Å². The van der Waals surface area contributed by atoms with Crippen LogP contribution >= 0.6 is 11.6 Å². The summed E-state index contributed by atoms with van der Waals surface area (Å²) in [5.41, 5.74) is 1.02. The lowest BCUT2D eigenvalue weighted by Gasteiger charge is -2.20. The summed E-state index contributed by atoms with van der Waals surface area (Å²) in [7, 11) is -1.44. The summed E-state index contributed by atoms with van der Waals surface area (Å²) in [5, 5.41) is 5.80. The smallest absolute Gasteiger partial charge is 0.261 e. The number of benzene rings is 2. The van der Waals surface area contributed by atoms with Gasteiger partial charge in [0, 0.05) is 11.8 Å². The summed E-state index contributed by atoms with van der Waals surface area (Å²) in [6, 6.07) is 5.37. The highest BCUT2D eigenvalue weighted by molar-refractivity contribution is 7.74. The van der Waals surface area contributed by atoms with Gasteiger partial charge < -0.3 is 23.9 Å². The molecule has 1 aromatic heterocycles. The molecule has 0 bridgehead atoms. The Morgan fingerprint density at radius 2 is 1.97 bits per heavy atom. The first-order valence-corrected chi connectivity index (χ1v) is 11.8. The Labute approximate surface area is 200 Å². The topological polar surface area (TPSA) is 106 Å². The van der Waals surface area contributed by atoms with Crippen LogP contribution in [0.5, 0.6) is 5.75 Å². The zero-order valence-electron chi connectivity index (χ0n) is 18.0. The van der Waals surface area contributed by atoms with Gasteiger partial charge in [-0.25, -0.2) is 23.1 Å². The fourth-order valence-corrected chi connectivity index (χ4v) is 3.63. The third kappa shape index (κ3) is 6.26. The molecule has 1 heterocycles. The van der Waals surface area contributed by atoms with E-state index in [4.69, 9.17) is 16.3 Å². The fourth-order valence-electron chi connectivity index (χ4n) is 2.93. The molecule has 0 spiro atoms. The van der Waals surface area contributed by atoms with Gasteiger partial charge in [0.1, 0.15) is 37.1 Å². The maximum atomic E-state index is 13.9. The lowest BCUT2D eigenvalue weighted by Crippen LogP contribution is -2.44. The van der Waals surface area contributed by atoms with Crippen molar-refractivity contribution in [3.05, 3.63) is 47.5 Å². The van der Waals surface area contributed by atoms with E-state index >= 15 is 0 Å². The Morgan fingerprint density at radius 3 is 2.65 bits per heavy atom. The molecule has 0 fully saturated rings. The Bertz CT molecular complexity index is 1290. The zero-order chi connectivity index (χ0) is 24.8. The Hall–Kier alpha value is -3.12. The molecular weight excluding hydrogens is 495 g/mol. The number of carbonyl (C=O) groups is 1. The van der Waals surface area contributed by atoms with Crippen molar-refractivity contribution in [1.29, 1.82) is 0 Å². The van der Waals surface area contributed by atoms with Gasteiger partial charge in [0.2, 0.25) is 0 Å². The number of ether oxygens (including phenoxy) is 1. The maximum absolute atomic E-state index is 13.9. The van der Waals surface area contributed by atoms with Crippen LogP contribution in [-0.4, -0.2) is 47.6 Å². The number of rotatable bonds is 9. The van der Waals surface area contributed by atoms with Crippen LogP contribution in [0.4, 0.5) is 30.4 Å². The van der Waals surface area contributed by atoms with E-state index in [1.807, 2.05) is 0 Å². The van der Waals surface area contributed by atoms with Gasteiger partial charge in [-0.1, -0.05) is 11.6 Å². The normalized spacial score (nSPS) is 13.1. The van der Waals surface area contributed by atoms with Gasteiger partial charge in [-0.3, -0.25) is 4.79 Å². The summed E-state index contributed by atoms with van der Waals surface area (Å²) < 4.78 is 60.3. The van der Waals surface area contributed by atoms with E-state index in [2.05, 4.69) is 25.0 Å². The van der Waals surface area contributed by atoms with Crippen LogP contribution in [0.2, 0.25) is 5.02 Å². The molecule has 0 radical (unpaired) electrons. The minimum atomic E-state index is -1.44. The van der Waals surface area contributed by atoms with Gasteiger partial charge in [-0.05, 0) is 31.2 Å². The number of hydrogen-bond acceptors (Lipinski definition) is 8. The van der Waals surface area contributed by atoms with Crippen molar-refractivity contribution in [1.82, 2.24) is 15.3 Å². The van der Waals surface area contributed by atoms with Gasteiger partial charge in [0.15, 0.2) is 6.10 Å². The largest absolute Gasteiger partial charge is 0.479 e. The molecule has 182 valence electrons. The predicted molar refractivity (Wildman–Crippen MR) is 124 cm³/mol. The van der Waals surface area contributed by atoms with Crippen LogP contribution in [0.3, 0.4) is 0 Å². The fraction of sp³-hybridized carbons (Fsp3) is 0.286. The van der Waals surface area contributed by atoms with Crippen LogP contribution < -0.4 is 15.4 Å². The van der Waals surface area contributed by atoms with Crippen molar-refractivity contribution in [3.8, 4) is 5.75 Å². The molecule has 0 aliphatic rings. The summed E-state index contributed by atoms with van der Waals surface area (Å²) in [5.74, 6) is -1.20. The molecule has 13 heteroatoms. The average molecular weight is 515 g/mol. The van der Waals surface area contributed by atoms with Crippen LogP contribution in [0, 0.1) is 5.82 Å². The minimum Gasteiger partial charge on any atom is -0.479 e. The van der Waals surface area contributed by atoms with Gasteiger partial charge in [0.25, 0.3) is 5.91 Å². The molecule has 3 rings (SSSR count). The highest BCUT2D eigenvalue weighted by atomic mass is 35.5. The minimum absolute atomic E-state index is 0.0458. The molecule has 2 aromatic carbocycles. The second-order valence-corrected chi connectivity index (χ2v) is 8.54. The Kier molecular flexibility index (Phi) is 8.51. The third-order valence-electron chi connectivity index (χ3n) is 4.50. The van der Waals surface area contributed by atoms with Gasteiger partial charge >= 0.3 is 0 Å². The Morgan fingerprint density at radius 1 is 1.24 bits per heavy atom. The molecule has 0 aliphatic carbocycles. The van der Waals surface area contributed by atoms with Crippen molar-refractivity contribution in [2.75, 3.05) is 24.9 Å². The van der Waals surface area contributed by atoms with E-state index in [1.165, 1.54) is 37.7 Å². The molecular formula is C21H20ClF3N5O3S-. The highest BCUT2D eigenvalue weighted by Gasteiger charge is 2.21. The molecule has 0 saturated heterocycles. The van der Waals surface area contributed by atoms with Crippen LogP contribution in [0.25, 0.3) is 10.9 Å². The molecule has 1 amide bonds. The first kappa shape index (κ1) is 25.5. The summed E-state index contributed by atoms with van der Waals surface area (Å²) in [4.78, 5) is 20.6. The second-order valence-electron chi connectivity index (χ2n) is 7.10. The Balaban J connectivity index is 1.93. The molecule has 1 atom stereocenters. The molecule has 0 aliphatic heterocycles.